The Kier molecular flexibility index (Phi) is 11.2. The first-order valence-electron chi connectivity index (χ1n) is 8.50. The molecule has 2 rings (SSSR count). The number of nitrogens with one attached hydrogen (secondary N) is 1. The van der Waals surface area contributed by atoms with Crippen molar-refractivity contribution in [3.63, 3.8) is 0 Å². The summed E-state index contributed by atoms with van der Waals surface area (Å²) in [6, 6.07) is 0. The number of aromatic nitrogens is 1. The lowest BCUT2D eigenvalue weighted by molar-refractivity contribution is -0.133. The largest absolute Gasteiger partial charge is 0.340 e. The molecule has 1 fully saturated rings. The van der Waals surface area contributed by atoms with Gasteiger partial charge in [0.15, 0.2) is 0 Å². The molecule has 0 atom stereocenters. The van der Waals surface area contributed by atoms with Crippen LogP contribution in [0.5, 0.6) is 0 Å². The van der Waals surface area contributed by atoms with Crippen LogP contribution >= 0.6 is 36.2 Å². The van der Waals surface area contributed by atoms with Gasteiger partial charge in [0.2, 0.25) is 5.91 Å². The van der Waals surface area contributed by atoms with Gasteiger partial charge in [-0.3, -0.25) is 9.69 Å². The van der Waals surface area contributed by atoms with Crippen LogP contribution in [0.4, 0.5) is 0 Å². The van der Waals surface area contributed by atoms with Crippen molar-refractivity contribution < 1.29 is 4.79 Å². The van der Waals surface area contributed by atoms with E-state index in [4.69, 9.17) is 4.98 Å². The molecule has 0 aromatic carbocycles. The summed E-state index contributed by atoms with van der Waals surface area (Å²) in [5.41, 5.74) is 1.29. The molecule has 1 aromatic heterocycles. The Labute approximate surface area is 168 Å². The molecule has 8 heteroatoms. The summed E-state index contributed by atoms with van der Waals surface area (Å²) in [7, 11) is 1.92. The van der Waals surface area contributed by atoms with E-state index in [2.05, 4.69) is 36.4 Å². The number of nitrogens with zero attached hydrogens (tertiary/aromatic N) is 3. The highest BCUT2D eigenvalue weighted by atomic mass is 35.5. The maximum Gasteiger partial charge on any atom is 0.222 e. The fourth-order valence-electron chi connectivity index (χ4n) is 2.68. The Morgan fingerprint density at radius 2 is 1.88 bits per heavy atom. The minimum Gasteiger partial charge on any atom is -0.340 e. The molecule has 0 unspecified atom stereocenters. The minimum atomic E-state index is 0. The predicted octanol–water partition coefficient (Wildman–Crippen LogP) is 2.93. The summed E-state index contributed by atoms with van der Waals surface area (Å²) >= 11 is 1.75. The molecule has 1 saturated heterocycles. The molecule has 1 N–H and O–H groups in total. The molecule has 2 heterocycles. The zero-order chi connectivity index (χ0) is 16.9. The third-order valence-corrected chi connectivity index (χ3v) is 5.44. The molecule has 1 amide bonds. The van der Waals surface area contributed by atoms with Crippen molar-refractivity contribution in [2.75, 3.05) is 39.8 Å². The smallest absolute Gasteiger partial charge is 0.222 e. The van der Waals surface area contributed by atoms with Crippen molar-refractivity contribution in [2.45, 2.75) is 45.6 Å². The predicted molar refractivity (Wildman–Crippen MR) is 110 cm³/mol. The number of amides is 1. The van der Waals surface area contributed by atoms with Crippen LogP contribution in [0.25, 0.3) is 0 Å². The van der Waals surface area contributed by atoms with Gasteiger partial charge in [0.1, 0.15) is 0 Å². The molecule has 0 saturated carbocycles. The Bertz CT molecular complexity index is 511. The van der Waals surface area contributed by atoms with Crippen molar-refractivity contribution in [3.8, 4) is 0 Å². The molecule has 0 bridgehead atoms. The molecule has 0 aliphatic carbocycles. The number of thiazole rings is 1. The number of piperazine rings is 1. The van der Waals surface area contributed by atoms with Crippen LogP contribution in [0.15, 0.2) is 5.38 Å². The monoisotopic (exact) mass is 410 g/mol. The van der Waals surface area contributed by atoms with E-state index in [0.29, 0.717) is 12.3 Å². The van der Waals surface area contributed by atoms with E-state index in [1.807, 2.05) is 11.9 Å². The van der Waals surface area contributed by atoms with Crippen molar-refractivity contribution >= 4 is 42.1 Å². The first kappa shape index (κ1) is 24.6. The van der Waals surface area contributed by atoms with Crippen molar-refractivity contribution in [1.29, 1.82) is 0 Å². The molecule has 0 spiro atoms. The van der Waals surface area contributed by atoms with E-state index < -0.39 is 0 Å². The molecule has 5 nitrogen and oxygen atoms in total. The first-order chi connectivity index (χ1) is 10.9. The van der Waals surface area contributed by atoms with Gasteiger partial charge in [-0.25, -0.2) is 4.98 Å². The normalized spacial score (nSPS) is 15.4. The highest BCUT2D eigenvalue weighted by Crippen LogP contribution is 2.26. The topological polar surface area (TPSA) is 48.5 Å². The third kappa shape index (κ3) is 7.79. The molecular weight excluding hydrogens is 379 g/mol. The fourth-order valence-corrected chi connectivity index (χ4v) is 3.58. The van der Waals surface area contributed by atoms with Crippen molar-refractivity contribution in [1.82, 2.24) is 20.1 Å². The quantitative estimate of drug-likeness (QED) is 0.732. The zero-order valence-corrected chi connectivity index (χ0v) is 18.2. The Morgan fingerprint density at radius 1 is 1.24 bits per heavy atom. The van der Waals surface area contributed by atoms with E-state index in [9.17, 15) is 4.79 Å². The van der Waals surface area contributed by atoms with Crippen LogP contribution in [0.3, 0.4) is 0 Å². The molecule has 1 aromatic rings. The summed E-state index contributed by atoms with van der Waals surface area (Å²) in [6.07, 6.45) is 1.58. The Morgan fingerprint density at radius 3 is 2.40 bits per heavy atom. The van der Waals surface area contributed by atoms with E-state index in [0.717, 1.165) is 51.4 Å². The van der Waals surface area contributed by atoms with Gasteiger partial charge in [-0.15, -0.1) is 36.2 Å². The maximum absolute atomic E-state index is 12.1. The van der Waals surface area contributed by atoms with Crippen LogP contribution in [0, 0.1) is 0 Å². The third-order valence-electron chi connectivity index (χ3n) is 4.12. The van der Waals surface area contributed by atoms with Gasteiger partial charge in [0.05, 0.1) is 10.7 Å². The first-order valence-corrected chi connectivity index (χ1v) is 9.37. The summed E-state index contributed by atoms with van der Waals surface area (Å²) < 4.78 is 0. The Hall–Kier alpha value is -0.400. The second-order valence-electron chi connectivity index (χ2n) is 7.26. The summed E-state index contributed by atoms with van der Waals surface area (Å²) in [5.74, 6) is 0.295. The van der Waals surface area contributed by atoms with Gasteiger partial charge in [-0.1, -0.05) is 20.8 Å². The zero-order valence-electron chi connectivity index (χ0n) is 15.7. The number of halogens is 2. The van der Waals surface area contributed by atoms with Gasteiger partial charge < -0.3 is 10.2 Å². The van der Waals surface area contributed by atoms with Gasteiger partial charge in [-0.05, 0) is 20.0 Å². The summed E-state index contributed by atoms with van der Waals surface area (Å²) in [6.45, 7) is 12.0. The lowest BCUT2D eigenvalue weighted by Gasteiger charge is -2.34. The van der Waals surface area contributed by atoms with E-state index >= 15 is 0 Å². The lowest BCUT2D eigenvalue weighted by Crippen LogP contribution is -2.48. The van der Waals surface area contributed by atoms with Crippen LogP contribution in [-0.2, 0) is 16.8 Å². The number of carbonyl (C=O) groups excluding carboxylic acids is 1. The number of carbonyl (C=O) groups is 1. The summed E-state index contributed by atoms with van der Waals surface area (Å²) in [5, 5.41) is 6.46. The second-order valence-corrected chi connectivity index (χ2v) is 8.12. The average molecular weight is 411 g/mol. The molecule has 1 aliphatic heterocycles. The van der Waals surface area contributed by atoms with E-state index in [1.54, 1.807) is 11.3 Å². The van der Waals surface area contributed by atoms with Gasteiger partial charge in [0.25, 0.3) is 0 Å². The SMILES string of the molecule is CNCCCC(=O)N1CCN(Cc2csc(C(C)(C)C)n2)CC1.Cl.Cl. The number of hydrogen-bond acceptors (Lipinski definition) is 5. The van der Waals surface area contributed by atoms with Crippen LogP contribution in [0.1, 0.15) is 44.3 Å². The molecular formula is C17H32Cl2N4OS. The fraction of sp³-hybridized carbons (Fsp3) is 0.765. The van der Waals surface area contributed by atoms with Crippen molar-refractivity contribution in [3.05, 3.63) is 16.1 Å². The number of hydrogen-bond donors (Lipinski definition) is 1. The molecule has 1 aliphatic rings. The molecule has 25 heavy (non-hydrogen) atoms. The highest BCUT2D eigenvalue weighted by Gasteiger charge is 2.22. The van der Waals surface area contributed by atoms with E-state index in [-0.39, 0.29) is 30.2 Å². The lowest BCUT2D eigenvalue weighted by atomic mass is 9.98. The van der Waals surface area contributed by atoms with Gasteiger partial charge >= 0.3 is 0 Å². The summed E-state index contributed by atoms with van der Waals surface area (Å²) in [4.78, 5) is 21.3. The molecule has 0 radical (unpaired) electrons. The number of rotatable bonds is 6. The standard InChI is InChI=1S/C17H30N4OS.2ClH/c1-17(2,3)16-19-14(13-23-16)12-20-8-10-21(11-9-20)15(22)6-5-7-18-4;;/h13,18H,5-12H2,1-4H3;2*1H. The maximum atomic E-state index is 12.1. The van der Waals surface area contributed by atoms with E-state index in [1.165, 1.54) is 5.01 Å². The van der Waals surface area contributed by atoms with Crippen LogP contribution in [0.2, 0.25) is 0 Å². The highest BCUT2D eigenvalue weighted by molar-refractivity contribution is 7.09. The Balaban J connectivity index is 0.00000288. The van der Waals surface area contributed by atoms with Crippen molar-refractivity contribution in [2.24, 2.45) is 0 Å². The minimum absolute atomic E-state index is 0. The van der Waals surface area contributed by atoms with Crippen LogP contribution < -0.4 is 5.32 Å². The van der Waals surface area contributed by atoms with Gasteiger partial charge in [0, 0.05) is 49.9 Å². The van der Waals surface area contributed by atoms with Gasteiger partial charge in [-0.2, -0.15) is 0 Å². The average Bonchev–Trinajstić information content (AvgIpc) is 2.97. The van der Waals surface area contributed by atoms with Crippen LogP contribution in [-0.4, -0.2) is 60.5 Å². The molecule has 146 valence electrons. The second kappa shape index (κ2) is 11.3.